The molecule has 6 heteroatoms. The van der Waals surface area contributed by atoms with Gasteiger partial charge in [-0.3, -0.25) is 4.90 Å². The summed E-state index contributed by atoms with van der Waals surface area (Å²) in [5, 5.41) is 10.6. The highest BCUT2D eigenvalue weighted by molar-refractivity contribution is 7.28. The predicted octanol–water partition coefficient (Wildman–Crippen LogP) is 5.61. The lowest BCUT2D eigenvalue weighted by Gasteiger charge is -2.31. The van der Waals surface area contributed by atoms with E-state index in [2.05, 4.69) is 32.4 Å². The Hall–Kier alpha value is -3.30. The molecule has 3 aromatic rings. The highest BCUT2D eigenvalue weighted by Crippen LogP contribution is 2.41. The highest BCUT2D eigenvalue weighted by atomic mass is 31.0. The fraction of sp³-hybridized carbons (Fsp3) is 0.0833. The second kappa shape index (κ2) is 7.51. The summed E-state index contributed by atoms with van der Waals surface area (Å²) in [6.07, 6.45) is 3.72. The zero-order chi connectivity index (χ0) is 21.6. The molecule has 0 fully saturated rings. The van der Waals surface area contributed by atoms with Crippen LogP contribution in [0, 0.1) is 19.7 Å². The molecule has 1 unspecified atom stereocenters. The van der Waals surface area contributed by atoms with Crippen LogP contribution in [0.5, 0.6) is 0 Å². The van der Waals surface area contributed by atoms with Crippen molar-refractivity contribution in [3.05, 3.63) is 89.7 Å². The minimum absolute atomic E-state index is 0.0135. The minimum Gasteiger partial charge on any atom is -0.508 e. The van der Waals surface area contributed by atoms with E-state index in [0.29, 0.717) is 39.6 Å². The maximum Gasteiger partial charge on any atom is 0.149 e. The van der Waals surface area contributed by atoms with Gasteiger partial charge in [-0.15, -0.1) is 9.24 Å². The van der Waals surface area contributed by atoms with Crippen molar-refractivity contribution in [3.8, 4) is 11.3 Å². The summed E-state index contributed by atoms with van der Waals surface area (Å²) < 4.78 is 14.8. The number of hydrogen-bond acceptors (Lipinski definition) is 4. The number of allylic oxidation sites excluding steroid dienone is 1. The maximum atomic E-state index is 14.8. The zero-order valence-corrected chi connectivity index (χ0v) is 17.9. The van der Waals surface area contributed by atoms with Crippen LogP contribution in [0.15, 0.2) is 61.3 Å². The number of aliphatic hydroxyl groups is 1. The molecule has 2 heterocycles. The van der Waals surface area contributed by atoms with Crippen LogP contribution in [0.25, 0.3) is 23.1 Å². The number of halogens is 1. The number of aliphatic hydroxyl groups excluding tert-OH is 1. The second-order valence-corrected chi connectivity index (χ2v) is 7.79. The first-order valence-electron chi connectivity index (χ1n) is 9.37. The van der Waals surface area contributed by atoms with Crippen molar-refractivity contribution in [1.29, 1.82) is 0 Å². The summed E-state index contributed by atoms with van der Waals surface area (Å²) in [6, 6.07) is 10.5. The molecule has 1 aliphatic heterocycles. The van der Waals surface area contributed by atoms with Crippen LogP contribution in [0.1, 0.15) is 22.5 Å². The quantitative estimate of drug-likeness (QED) is 0.445. The second-order valence-electron chi connectivity index (χ2n) is 7.17. The third kappa shape index (κ3) is 3.31. The van der Waals surface area contributed by atoms with Gasteiger partial charge in [0.15, 0.2) is 0 Å². The molecule has 0 radical (unpaired) electrons. The van der Waals surface area contributed by atoms with Gasteiger partial charge in [-0.2, -0.15) is 0 Å². The van der Waals surface area contributed by atoms with Crippen molar-refractivity contribution in [2.24, 2.45) is 0 Å². The molecule has 150 valence electrons. The molecule has 0 bridgehead atoms. The molecule has 1 N–H and O–H groups in total. The number of para-hydroxylation sites is 1. The number of aryl methyl sites for hydroxylation is 2. The van der Waals surface area contributed by atoms with Crippen molar-refractivity contribution in [1.82, 2.24) is 9.97 Å². The van der Waals surface area contributed by atoms with Gasteiger partial charge in [0.05, 0.1) is 11.4 Å². The van der Waals surface area contributed by atoms with Crippen LogP contribution in [-0.4, -0.2) is 15.1 Å². The van der Waals surface area contributed by atoms with Gasteiger partial charge in [-0.1, -0.05) is 37.4 Å². The van der Waals surface area contributed by atoms with Gasteiger partial charge in [-0.05, 0) is 49.0 Å². The number of benzene rings is 2. The summed E-state index contributed by atoms with van der Waals surface area (Å²) >= 11 is 0. The molecular formula is C24H21FN3OP. The molecule has 0 saturated heterocycles. The largest absolute Gasteiger partial charge is 0.508 e. The monoisotopic (exact) mass is 417 g/mol. The maximum absolute atomic E-state index is 14.8. The zero-order valence-electron chi connectivity index (χ0n) is 16.8. The summed E-state index contributed by atoms with van der Waals surface area (Å²) in [5.41, 5.74) is 4.90. The Morgan fingerprint density at radius 3 is 2.60 bits per heavy atom. The molecule has 0 amide bonds. The topological polar surface area (TPSA) is 49.3 Å². The van der Waals surface area contributed by atoms with Crippen molar-refractivity contribution in [3.63, 3.8) is 0 Å². The predicted molar refractivity (Wildman–Crippen MR) is 125 cm³/mol. The van der Waals surface area contributed by atoms with Crippen LogP contribution >= 0.6 is 9.24 Å². The van der Waals surface area contributed by atoms with E-state index in [1.165, 1.54) is 6.07 Å². The van der Waals surface area contributed by atoms with E-state index in [9.17, 15) is 9.50 Å². The van der Waals surface area contributed by atoms with E-state index in [-0.39, 0.29) is 11.6 Å². The Balaban J connectivity index is 2.01. The number of rotatable bonds is 3. The molecule has 30 heavy (non-hydrogen) atoms. The van der Waals surface area contributed by atoms with Crippen LogP contribution in [0.2, 0.25) is 0 Å². The van der Waals surface area contributed by atoms with E-state index in [1.807, 2.05) is 43.3 Å². The Kier molecular flexibility index (Phi) is 5.00. The normalized spacial score (nSPS) is 12.8. The van der Waals surface area contributed by atoms with Crippen molar-refractivity contribution in [2.75, 3.05) is 4.90 Å². The number of anilines is 2. The van der Waals surface area contributed by atoms with Crippen LogP contribution in [0.3, 0.4) is 0 Å². The highest BCUT2D eigenvalue weighted by Gasteiger charge is 2.27. The Morgan fingerprint density at radius 2 is 1.90 bits per heavy atom. The number of hydrogen-bond donors (Lipinski definition) is 1. The number of fused-ring (bicyclic) bond motifs is 1. The number of nitrogens with zero attached hydrogens (tertiary/aromatic N) is 3. The van der Waals surface area contributed by atoms with Crippen molar-refractivity contribution >= 4 is 37.9 Å². The van der Waals surface area contributed by atoms with Gasteiger partial charge < -0.3 is 5.11 Å². The van der Waals surface area contributed by atoms with Gasteiger partial charge in [0.2, 0.25) is 0 Å². The van der Waals surface area contributed by atoms with Gasteiger partial charge >= 0.3 is 0 Å². The van der Waals surface area contributed by atoms with Gasteiger partial charge in [0.1, 0.15) is 23.2 Å². The molecule has 1 aromatic heterocycles. The molecule has 2 aromatic carbocycles. The first-order valence-corrected chi connectivity index (χ1v) is 9.94. The Labute approximate surface area is 177 Å². The van der Waals surface area contributed by atoms with Crippen molar-refractivity contribution in [2.45, 2.75) is 13.8 Å². The average Bonchev–Trinajstić information content (AvgIpc) is 2.69. The van der Waals surface area contributed by atoms with Gasteiger partial charge in [-0.25, -0.2) is 14.4 Å². The number of aromatic nitrogens is 2. The third-order valence-electron chi connectivity index (χ3n) is 5.05. The summed E-state index contributed by atoms with van der Waals surface area (Å²) in [5.74, 6) is 0.732. The lowest BCUT2D eigenvalue weighted by Crippen LogP contribution is -2.25. The van der Waals surface area contributed by atoms with Crippen LogP contribution in [0.4, 0.5) is 15.9 Å². The standard InChI is InChI=1S/C24H21FN3OP/c1-13-8-10-17(15(3)29)12-19(13)22-18-11-9-14(2)28(24(18)27-16(4)26-22)23-20(25)6-5-7-21(23)30/h5-12,29H,2-3,30H2,1,4H3. The molecule has 1 atom stereocenters. The van der Waals surface area contributed by atoms with Gasteiger partial charge in [0.25, 0.3) is 0 Å². The van der Waals surface area contributed by atoms with E-state index < -0.39 is 0 Å². The first kappa shape index (κ1) is 20.0. The lowest BCUT2D eigenvalue weighted by atomic mass is 9.96. The average molecular weight is 417 g/mol. The molecule has 4 rings (SSSR count). The van der Waals surface area contributed by atoms with Gasteiger partial charge in [0, 0.05) is 22.4 Å². The molecule has 0 spiro atoms. The lowest BCUT2D eigenvalue weighted by molar-refractivity contribution is 0.514. The summed E-state index contributed by atoms with van der Waals surface area (Å²) in [4.78, 5) is 11.0. The third-order valence-corrected chi connectivity index (χ3v) is 5.51. The van der Waals surface area contributed by atoms with E-state index in [4.69, 9.17) is 0 Å². The summed E-state index contributed by atoms with van der Waals surface area (Å²) in [7, 11) is 2.57. The molecule has 4 nitrogen and oxygen atoms in total. The Bertz CT molecular complexity index is 1230. The Morgan fingerprint density at radius 1 is 1.13 bits per heavy atom. The van der Waals surface area contributed by atoms with E-state index in [0.717, 1.165) is 16.7 Å². The SMILES string of the molecule is C=C(O)c1ccc(C)c(-c2nc(C)nc3c2C=CC(=C)N3c2c(F)cccc2P)c1. The molecular weight excluding hydrogens is 396 g/mol. The van der Waals surface area contributed by atoms with E-state index >= 15 is 0 Å². The summed E-state index contributed by atoms with van der Waals surface area (Å²) in [6.45, 7) is 11.5. The van der Waals surface area contributed by atoms with Crippen molar-refractivity contribution < 1.29 is 9.50 Å². The first-order chi connectivity index (χ1) is 14.3. The van der Waals surface area contributed by atoms with E-state index in [1.54, 1.807) is 17.9 Å². The molecule has 1 aliphatic rings. The van der Waals surface area contributed by atoms with Crippen LogP contribution < -0.4 is 10.2 Å². The smallest absolute Gasteiger partial charge is 0.149 e. The fourth-order valence-corrected chi connectivity index (χ4v) is 3.94. The molecule has 0 saturated carbocycles. The van der Waals surface area contributed by atoms with Crippen LogP contribution in [-0.2, 0) is 0 Å². The fourth-order valence-electron chi connectivity index (χ4n) is 3.56. The minimum atomic E-state index is -0.363. The molecule has 0 aliphatic carbocycles.